The highest BCUT2D eigenvalue weighted by atomic mass is 32.1. The molecular formula is C25H26N4O2S. The molecule has 5 rings (SSSR count). The molecule has 0 saturated carbocycles. The Morgan fingerprint density at radius 2 is 1.94 bits per heavy atom. The Morgan fingerprint density at radius 3 is 2.66 bits per heavy atom. The zero-order chi connectivity index (χ0) is 22.2. The molecule has 1 amide bonds. The zero-order valence-electron chi connectivity index (χ0n) is 18.5. The molecule has 0 spiro atoms. The molecule has 2 aromatic heterocycles. The minimum Gasteiger partial charge on any atom is -0.376 e. The first-order chi connectivity index (χ1) is 15.5. The van der Waals surface area contributed by atoms with Crippen molar-refractivity contribution >= 4 is 32.6 Å². The smallest absolute Gasteiger partial charge is 0.263 e. The second kappa shape index (κ2) is 8.48. The molecule has 2 aromatic carbocycles. The summed E-state index contributed by atoms with van der Waals surface area (Å²) in [7, 11) is 0. The van der Waals surface area contributed by atoms with Crippen molar-refractivity contribution in [3.63, 3.8) is 0 Å². The number of rotatable bonds is 5. The molecule has 4 aromatic rings. The van der Waals surface area contributed by atoms with Crippen LogP contribution in [-0.2, 0) is 4.74 Å². The van der Waals surface area contributed by atoms with Gasteiger partial charge in [-0.1, -0.05) is 41.7 Å². The van der Waals surface area contributed by atoms with Gasteiger partial charge in [-0.15, -0.1) is 0 Å². The van der Waals surface area contributed by atoms with Crippen molar-refractivity contribution in [3.05, 3.63) is 71.0 Å². The number of para-hydroxylation sites is 1. The third-order valence-corrected chi connectivity index (χ3v) is 7.27. The molecule has 7 heteroatoms. The number of hydrogen-bond acceptors (Lipinski definition) is 5. The van der Waals surface area contributed by atoms with Gasteiger partial charge in [-0.3, -0.25) is 9.69 Å². The Bertz CT molecular complexity index is 1230. The maximum Gasteiger partial charge on any atom is 0.263 e. The Hall–Kier alpha value is -3.03. The highest BCUT2D eigenvalue weighted by molar-refractivity contribution is 7.22. The number of anilines is 1. The van der Waals surface area contributed by atoms with Crippen LogP contribution in [0.1, 0.15) is 40.0 Å². The van der Waals surface area contributed by atoms with E-state index in [4.69, 9.17) is 9.72 Å². The Balaban J connectivity index is 1.56. The van der Waals surface area contributed by atoms with E-state index in [-0.39, 0.29) is 12.0 Å². The van der Waals surface area contributed by atoms with Gasteiger partial charge in [0, 0.05) is 6.61 Å². The lowest BCUT2D eigenvalue weighted by Crippen LogP contribution is -2.37. The van der Waals surface area contributed by atoms with Gasteiger partial charge in [0.05, 0.1) is 46.0 Å². The first-order valence-electron chi connectivity index (χ1n) is 10.9. The number of nitrogens with zero attached hydrogens (tertiary/aromatic N) is 4. The third kappa shape index (κ3) is 3.72. The molecule has 1 fully saturated rings. The molecule has 1 saturated heterocycles. The summed E-state index contributed by atoms with van der Waals surface area (Å²) in [5.41, 5.74) is 5.58. The van der Waals surface area contributed by atoms with Gasteiger partial charge >= 0.3 is 0 Å². The highest BCUT2D eigenvalue weighted by Crippen LogP contribution is 2.34. The van der Waals surface area contributed by atoms with Crippen LogP contribution < -0.4 is 4.90 Å². The summed E-state index contributed by atoms with van der Waals surface area (Å²) >= 11 is 1.57. The lowest BCUT2D eigenvalue weighted by atomic mass is 10.1. The quantitative estimate of drug-likeness (QED) is 0.421. The van der Waals surface area contributed by atoms with E-state index in [1.165, 1.54) is 5.56 Å². The van der Waals surface area contributed by atoms with Gasteiger partial charge < -0.3 is 4.74 Å². The van der Waals surface area contributed by atoms with E-state index < -0.39 is 0 Å². The fraction of sp³-hybridized carbons (Fsp3) is 0.320. The normalized spacial score (nSPS) is 16.0. The molecule has 1 atom stereocenters. The van der Waals surface area contributed by atoms with Crippen LogP contribution >= 0.6 is 11.3 Å². The van der Waals surface area contributed by atoms with Gasteiger partial charge in [0.1, 0.15) is 0 Å². The van der Waals surface area contributed by atoms with Crippen LogP contribution in [0.25, 0.3) is 15.9 Å². The largest absolute Gasteiger partial charge is 0.376 e. The Labute approximate surface area is 191 Å². The summed E-state index contributed by atoms with van der Waals surface area (Å²) in [5, 5.41) is 5.22. The molecule has 0 aliphatic carbocycles. The van der Waals surface area contributed by atoms with Gasteiger partial charge in [-0.2, -0.15) is 5.10 Å². The standard InChI is InChI=1S/C25H26N4O2S/c1-16-11-12-17(2)23-22(16)27-25(32-23)28(15-20-10-7-13-31-20)24(30)21-14-26-29(18(21)3)19-8-5-4-6-9-19/h4-6,8-9,11-12,14,20H,7,10,13,15H2,1-3H3. The van der Waals surface area contributed by atoms with E-state index in [1.807, 2.05) is 41.9 Å². The highest BCUT2D eigenvalue weighted by Gasteiger charge is 2.29. The molecule has 1 aliphatic heterocycles. The first-order valence-corrected chi connectivity index (χ1v) is 11.7. The number of hydrogen-bond donors (Lipinski definition) is 0. The summed E-state index contributed by atoms with van der Waals surface area (Å²) in [6.07, 6.45) is 3.67. The number of benzene rings is 2. The van der Waals surface area contributed by atoms with Crippen LogP contribution in [0, 0.1) is 20.8 Å². The zero-order valence-corrected chi connectivity index (χ0v) is 19.4. The van der Waals surface area contributed by atoms with Gasteiger partial charge in [0.15, 0.2) is 5.13 Å². The van der Waals surface area contributed by atoms with E-state index in [2.05, 4.69) is 31.1 Å². The second-order valence-corrected chi connectivity index (χ2v) is 9.29. The average Bonchev–Trinajstić information content (AvgIpc) is 3.55. The number of aromatic nitrogens is 3. The Kier molecular flexibility index (Phi) is 5.53. The number of amides is 1. The number of fused-ring (bicyclic) bond motifs is 1. The molecular weight excluding hydrogens is 420 g/mol. The molecule has 6 nitrogen and oxygen atoms in total. The molecule has 0 radical (unpaired) electrons. The van der Waals surface area contributed by atoms with Crippen LogP contribution in [0.15, 0.2) is 48.7 Å². The Morgan fingerprint density at radius 1 is 1.16 bits per heavy atom. The average molecular weight is 447 g/mol. The second-order valence-electron chi connectivity index (χ2n) is 8.32. The molecule has 0 N–H and O–H groups in total. The van der Waals surface area contributed by atoms with Crippen LogP contribution in [-0.4, -0.2) is 39.9 Å². The van der Waals surface area contributed by atoms with Crippen molar-refractivity contribution in [1.82, 2.24) is 14.8 Å². The lowest BCUT2D eigenvalue weighted by molar-refractivity contribution is 0.0917. The molecule has 32 heavy (non-hydrogen) atoms. The van der Waals surface area contributed by atoms with Crippen LogP contribution in [0.4, 0.5) is 5.13 Å². The molecule has 0 bridgehead atoms. The van der Waals surface area contributed by atoms with E-state index in [9.17, 15) is 4.79 Å². The molecule has 3 heterocycles. The van der Waals surface area contributed by atoms with Crippen molar-refractivity contribution in [2.24, 2.45) is 0 Å². The van der Waals surface area contributed by atoms with Gasteiger partial charge in [-0.05, 0) is 56.9 Å². The fourth-order valence-electron chi connectivity index (χ4n) is 4.20. The van der Waals surface area contributed by atoms with Crippen molar-refractivity contribution in [1.29, 1.82) is 0 Å². The maximum atomic E-state index is 13.8. The number of carbonyl (C=O) groups is 1. The molecule has 1 aliphatic rings. The lowest BCUT2D eigenvalue weighted by Gasteiger charge is -2.23. The van der Waals surface area contributed by atoms with Crippen LogP contribution in [0.5, 0.6) is 0 Å². The SMILES string of the molecule is Cc1ccc(C)c2sc(N(CC3CCCO3)C(=O)c3cnn(-c4ccccc4)c3C)nc12. The van der Waals surface area contributed by atoms with E-state index >= 15 is 0 Å². The van der Waals surface area contributed by atoms with Crippen molar-refractivity contribution in [3.8, 4) is 5.69 Å². The third-order valence-electron chi connectivity index (χ3n) is 6.06. The van der Waals surface area contributed by atoms with E-state index in [0.717, 1.165) is 46.6 Å². The predicted octanol–water partition coefficient (Wildman–Crippen LogP) is 5.23. The molecule has 164 valence electrons. The van der Waals surface area contributed by atoms with Crippen LogP contribution in [0.3, 0.4) is 0 Å². The minimum absolute atomic E-state index is 0.0256. The number of aryl methyl sites for hydroxylation is 2. The summed E-state index contributed by atoms with van der Waals surface area (Å²) in [5.74, 6) is -0.0884. The van der Waals surface area contributed by atoms with Crippen molar-refractivity contribution < 1.29 is 9.53 Å². The van der Waals surface area contributed by atoms with Gasteiger partial charge in [-0.25, -0.2) is 9.67 Å². The summed E-state index contributed by atoms with van der Waals surface area (Å²) in [6.45, 7) is 7.32. The maximum absolute atomic E-state index is 13.8. The monoisotopic (exact) mass is 446 g/mol. The van der Waals surface area contributed by atoms with Crippen molar-refractivity contribution in [2.75, 3.05) is 18.1 Å². The predicted molar refractivity (Wildman–Crippen MR) is 128 cm³/mol. The number of ether oxygens (including phenoxy) is 1. The van der Waals surface area contributed by atoms with Gasteiger partial charge in [0.25, 0.3) is 5.91 Å². The minimum atomic E-state index is -0.0884. The molecule has 1 unspecified atom stereocenters. The topological polar surface area (TPSA) is 60.2 Å². The first kappa shape index (κ1) is 20.8. The van der Waals surface area contributed by atoms with E-state index in [1.54, 1.807) is 22.4 Å². The van der Waals surface area contributed by atoms with Crippen LogP contribution in [0.2, 0.25) is 0 Å². The van der Waals surface area contributed by atoms with E-state index in [0.29, 0.717) is 17.2 Å². The fourth-order valence-corrected chi connectivity index (χ4v) is 5.32. The summed E-state index contributed by atoms with van der Waals surface area (Å²) in [4.78, 5) is 20.5. The summed E-state index contributed by atoms with van der Waals surface area (Å²) in [6, 6.07) is 14.1. The number of carbonyl (C=O) groups excluding carboxylic acids is 1. The van der Waals surface area contributed by atoms with Crippen molar-refractivity contribution in [2.45, 2.75) is 39.7 Å². The van der Waals surface area contributed by atoms with Gasteiger partial charge in [0.2, 0.25) is 0 Å². The summed E-state index contributed by atoms with van der Waals surface area (Å²) < 4.78 is 8.82. The number of thiazole rings is 1.